The number of rotatable bonds is 6. The molecule has 1 aromatic carbocycles. The molecule has 1 fully saturated rings. The zero-order chi connectivity index (χ0) is 13.0. The molecular weight excluding hydrogens is 222 g/mol. The zero-order valence-electron chi connectivity index (χ0n) is 11.9. The van der Waals surface area contributed by atoms with E-state index in [1.54, 1.807) is 7.11 Å². The summed E-state index contributed by atoms with van der Waals surface area (Å²) in [6, 6.07) is 6.51. The van der Waals surface area contributed by atoms with Crippen molar-refractivity contribution in [2.45, 2.75) is 39.5 Å². The minimum atomic E-state index is 0.469. The van der Waals surface area contributed by atoms with Crippen molar-refractivity contribution >= 4 is 0 Å². The molecule has 2 nitrogen and oxygen atoms in total. The predicted molar refractivity (Wildman–Crippen MR) is 76.3 cm³/mol. The van der Waals surface area contributed by atoms with E-state index >= 15 is 0 Å². The van der Waals surface area contributed by atoms with E-state index in [0.717, 1.165) is 25.3 Å². The number of methoxy groups -OCH3 is 1. The second-order valence-electron chi connectivity index (χ2n) is 5.63. The van der Waals surface area contributed by atoms with E-state index in [1.807, 2.05) is 0 Å². The van der Waals surface area contributed by atoms with Crippen molar-refractivity contribution < 1.29 is 4.74 Å². The summed E-state index contributed by atoms with van der Waals surface area (Å²) in [5.74, 6) is 1.04. The molecule has 0 aliphatic heterocycles. The highest BCUT2D eigenvalue weighted by Crippen LogP contribution is 2.44. The Morgan fingerprint density at radius 1 is 1.33 bits per heavy atom. The molecule has 0 unspecified atom stereocenters. The fourth-order valence-electron chi connectivity index (χ4n) is 2.93. The van der Waals surface area contributed by atoms with Crippen molar-refractivity contribution in [3.05, 3.63) is 29.3 Å². The van der Waals surface area contributed by atoms with Gasteiger partial charge in [-0.15, -0.1) is 0 Å². The normalized spacial score (nSPS) is 17.3. The molecule has 2 heteroatoms. The number of nitrogens with one attached hydrogen (secondary N) is 1. The van der Waals surface area contributed by atoms with Gasteiger partial charge in [0.2, 0.25) is 0 Å². The molecule has 100 valence electrons. The molecule has 0 saturated heterocycles. The van der Waals surface area contributed by atoms with E-state index in [-0.39, 0.29) is 0 Å². The van der Waals surface area contributed by atoms with Gasteiger partial charge in [0.1, 0.15) is 5.75 Å². The minimum Gasteiger partial charge on any atom is -0.496 e. The largest absolute Gasteiger partial charge is 0.496 e. The molecule has 1 aliphatic rings. The van der Waals surface area contributed by atoms with Crippen molar-refractivity contribution in [3.63, 3.8) is 0 Å². The number of hydrogen-bond acceptors (Lipinski definition) is 2. The summed E-state index contributed by atoms with van der Waals surface area (Å²) in [4.78, 5) is 0. The second kappa shape index (κ2) is 5.75. The van der Waals surface area contributed by atoms with Crippen LogP contribution in [0.5, 0.6) is 5.75 Å². The van der Waals surface area contributed by atoms with E-state index in [1.165, 1.54) is 30.4 Å². The molecule has 18 heavy (non-hydrogen) atoms. The Morgan fingerprint density at radius 2 is 2.11 bits per heavy atom. The first-order chi connectivity index (χ1) is 8.69. The van der Waals surface area contributed by atoms with Crippen LogP contribution in [0.2, 0.25) is 0 Å². The fraction of sp³-hybridized carbons (Fsp3) is 0.625. The van der Waals surface area contributed by atoms with Gasteiger partial charge in [-0.1, -0.05) is 31.0 Å². The van der Waals surface area contributed by atoms with Crippen LogP contribution in [0.4, 0.5) is 0 Å². The highest BCUT2D eigenvalue weighted by atomic mass is 16.5. The molecule has 0 aromatic heterocycles. The first-order valence-electron chi connectivity index (χ1n) is 7.03. The average Bonchev–Trinajstić information content (AvgIpc) is 2.32. The molecule has 0 heterocycles. The van der Waals surface area contributed by atoms with Gasteiger partial charge in [0.25, 0.3) is 0 Å². The topological polar surface area (TPSA) is 21.3 Å². The zero-order valence-corrected chi connectivity index (χ0v) is 11.9. The van der Waals surface area contributed by atoms with Gasteiger partial charge in [-0.25, -0.2) is 0 Å². The standard InChI is InChI=1S/C16H25NO/c1-4-17-12-16(8-5-9-16)11-14-10-13(2)6-7-15(14)18-3/h6-7,10,17H,4-5,8-9,11-12H2,1-3H3. The van der Waals surface area contributed by atoms with Gasteiger partial charge in [0, 0.05) is 6.54 Å². The van der Waals surface area contributed by atoms with Crippen LogP contribution in [0.15, 0.2) is 18.2 Å². The maximum Gasteiger partial charge on any atom is 0.122 e. The maximum absolute atomic E-state index is 5.50. The third kappa shape index (κ3) is 2.86. The number of hydrogen-bond donors (Lipinski definition) is 1. The molecule has 1 aromatic rings. The lowest BCUT2D eigenvalue weighted by atomic mass is 9.65. The van der Waals surface area contributed by atoms with Crippen LogP contribution in [0.25, 0.3) is 0 Å². The lowest BCUT2D eigenvalue weighted by molar-refractivity contribution is 0.130. The van der Waals surface area contributed by atoms with Crippen LogP contribution in [-0.4, -0.2) is 20.2 Å². The summed E-state index contributed by atoms with van der Waals surface area (Å²) in [6.07, 6.45) is 5.21. The monoisotopic (exact) mass is 247 g/mol. The van der Waals surface area contributed by atoms with Gasteiger partial charge in [0.05, 0.1) is 7.11 Å². The summed E-state index contributed by atoms with van der Waals surface area (Å²) in [6.45, 7) is 6.54. The summed E-state index contributed by atoms with van der Waals surface area (Å²) in [5.41, 5.74) is 3.16. The third-order valence-electron chi connectivity index (χ3n) is 4.17. The highest BCUT2D eigenvalue weighted by Gasteiger charge is 2.37. The Labute approximate surface area is 111 Å². The molecule has 0 amide bonds. The van der Waals surface area contributed by atoms with Crippen molar-refractivity contribution in [2.75, 3.05) is 20.2 Å². The lowest BCUT2D eigenvalue weighted by Gasteiger charge is -2.42. The fourth-order valence-corrected chi connectivity index (χ4v) is 2.93. The van der Waals surface area contributed by atoms with E-state index in [2.05, 4.69) is 37.4 Å². The van der Waals surface area contributed by atoms with Gasteiger partial charge < -0.3 is 10.1 Å². The van der Waals surface area contributed by atoms with Gasteiger partial charge in [0.15, 0.2) is 0 Å². The van der Waals surface area contributed by atoms with E-state index in [4.69, 9.17) is 4.74 Å². The van der Waals surface area contributed by atoms with E-state index in [9.17, 15) is 0 Å². The summed E-state index contributed by atoms with van der Waals surface area (Å²) < 4.78 is 5.50. The molecular formula is C16H25NO. The van der Waals surface area contributed by atoms with Crippen LogP contribution >= 0.6 is 0 Å². The summed E-state index contributed by atoms with van der Waals surface area (Å²) >= 11 is 0. The Hall–Kier alpha value is -1.02. The summed E-state index contributed by atoms with van der Waals surface area (Å²) in [5, 5.41) is 3.52. The number of benzene rings is 1. The smallest absolute Gasteiger partial charge is 0.122 e. The van der Waals surface area contributed by atoms with Crippen molar-refractivity contribution in [1.29, 1.82) is 0 Å². The van der Waals surface area contributed by atoms with Crippen molar-refractivity contribution in [3.8, 4) is 5.75 Å². The van der Waals surface area contributed by atoms with Gasteiger partial charge in [-0.2, -0.15) is 0 Å². The number of aryl methyl sites for hydroxylation is 1. The van der Waals surface area contributed by atoms with Crippen LogP contribution in [0.3, 0.4) is 0 Å². The van der Waals surface area contributed by atoms with Crippen LogP contribution in [0.1, 0.15) is 37.3 Å². The third-order valence-corrected chi connectivity index (χ3v) is 4.17. The molecule has 0 bridgehead atoms. The van der Waals surface area contributed by atoms with Crippen LogP contribution in [0, 0.1) is 12.3 Å². The molecule has 1 N–H and O–H groups in total. The molecule has 0 spiro atoms. The number of ether oxygens (including phenoxy) is 1. The minimum absolute atomic E-state index is 0.469. The van der Waals surface area contributed by atoms with Gasteiger partial charge in [-0.3, -0.25) is 0 Å². The molecule has 0 radical (unpaired) electrons. The van der Waals surface area contributed by atoms with Gasteiger partial charge >= 0.3 is 0 Å². The Balaban J connectivity index is 2.13. The molecule has 0 atom stereocenters. The molecule has 1 saturated carbocycles. The SMILES string of the molecule is CCNCC1(Cc2cc(C)ccc2OC)CCC1. The Kier molecular flexibility index (Phi) is 4.28. The van der Waals surface area contributed by atoms with E-state index < -0.39 is 0 Å². The first-order valence-corrected chi connectivity index (χ1v) is 7.03. The highest BCUT2D eigenvalue weighted by molar-refractivity contribution is 5.38. The Bertz CT molecular complexity index is 396. The Morgan fingerprint density at radius 3 is 2.67 bits per heavy atom. The second-order valence-corrected chi connectivity index (χ2v) is 5.63. The van der Waals surface area contributed by atoms with Crippen molar-refractivity contribution in [1.82, 2.24) is 5.32 Å². The molecule has 1 aliphatic carbocycles. The predicted octanol–water partition coefficient (Wildman–Crippen LogP) is 3.33. The van der Waals surface area contributed by atoms with Crippen LogP contribution in [-0.2, 0) is 6.42 Å². The average molecular weight is 247 g/mol. The maximum atomic E-state index is 5.50. The molecule has 2 rings (SSSR count). The van der Waals surface area contributed by atoms with E-state index in [0.29, 0.717) is 5.41 Å². The van der Waals surface area contributed by atoms with Crippen LogP contribution < -0.4 is 10.1 Å². The quantitative estimate of drug-likeness (QED) is 0.832. The van der Waals surface area contributed by atoms with Crippen molar-refractivity contribution in [2.24, 2.45) is 5.41 Å². The lowest BCUT2D eigenvalue weighted by Crippen LogP contribution is -2.41. The van der Waals surface area contributed by atoms with Gasteiger partial charge in [-0.05, 0) is 49.8 Å². The summed E-state index contributed by atoms with van der Waals surface area (Å²) in [7, 11) is 1.77. The first kappa shape index (κ1) is 13.4.